The van der Waals surface area contributed by atoms with E-state index < -0.39 is 0 Å². The molecule has 0 atom stereocenters. The maximum Gasteiger partial charge on any atom is 0.348 e. The van der Waals surface area contributed by atoms with Crippen LogP contribution in [0, 0.1) is 6.92 Å². The van der Waals surface area contributed by atoms with Crippen LogP contribution in [-0.4, -0.2) is 19.6 Å². The molecule has 0 aliphatic rings. The Morgan fingerprint density at radius 3 is 2.68 bits per heavy atom. The van der Waals surface area contributed by atoms with E-state index in [1.807, 2.05) is 55.5 Å². The Morgan fingerprint density at radius 2 is 1.86 bits per heavy atom. The molecule has 2 aromatic carbocycles. The quantitative estimate of drug-likeness (QED) is 0.616. The second-order valence-electron chi connectivity index (χ2n) is 5.01. The number of aryl methyl sites for hydroxylation is 1. The number of aromatic nitrogens is 4. The van der Waals surface area contributed by atoms with E-state index in [-0.39, 0.29) is 5.69 Å². The second kappa shape index (κ2) is 4.70. The molecule has 0 saturated carbocycles. The van der Waals surface area contributed by atoms with Gasteiger partial charge in [0.05, 0.1) is 11.0 Å². The van der Waals surface area contributed by atoms with Crippen molar-refractivity contribution >= 4 is 16.7 Å². The van der Waals surface area contributed by atoms with Crippen molar-refractivity contribution < 1.29 is 4.74 Å². The van der Waals surface area contributed by atoms with Gasteiger partial charge in [-0.3, -0.25) is 0 Å². The molecule has 2 aromatic heterocycles. The van der Waals surface area contributed by atoms with Crippen molar-refractivity contribution in [2.24, 2.45) is 0 Å². The Labute approximate surface area is 125 Å². The highest BCUT2D eigenvalue weighted by atomic mass is 16.5. The van der Waals surface area contributed by atoms with Crippen LogP contribution in [-0.2, 0) is 0 Å². The molecule has 0 fully saturated rings. The van der Waals surface area contributed by atoms with E-state index >= 15 is 0 Å². The van der Waals surface area contributed by atoms with Crippen molar-refractivity contribution in [1.29, 1.82) is 0 Å². The summed E-state index contributed by atoms with van der Waals surface area (Å²) >= 11 is 0. The van der Waals surface area contributed by atoms with Gasteiger partial charge in [0.1, 0.15) is 5.75 Å². The highest BCUT2D eigenvalue weighted by Gasteiger charge is 2.14. The minimum atomic E-state index is -0.317. The molecule has 4 aromatic rings. The fourth-order valence-electron chi connectivity index (χ4n) is 2.36. The maximum atomic E-state index is 12.0. The summed E-state index contributed by atoms with van der Waals surface area (Å²) in [6.45, 7) is 2.00. The predicted octanol–water partition coefficient (Wildman–Crippen LogP) is 2.67. The molecule has 1 N–H and O–H groups in total. The smallest absolute Gasteiger partial charge is 0.348 e. The first-order valence-corrected chi connectivity index (χ1v) is 6.83. The molecule has 0 bridgehead atoms. The third kappa shape index (κ3) is 1.93. The molecule has 0 aliphatic heterocycles. The average molecular weight is 292 g/mol. The Balaban J connectivity index is 1.96. The van der Waals surface area contributed by atoms with Gasteiger partial charge in [-0.05, 0) is 31.2 Å². The van der Waals surface area contributed by atoms with E-state index in [0.29, 0.717) is 28.3 Å². The lowest BCUT2D eigenvalue weighted by molar-refractivity contribution is 0.467. The summed E-state index contributed by atoms with van der Waals surface area (Å²) in [6.07, 6.45) is 0. The van der Waals surface area contributed by atoms with Gasteiger partial charge in [-0.15, -0.1) is 5.10 Å². The zero-order valence-electron chi connectivity index (χ0n) is 11.8. The summed E-state index contributed by atoms with van der Waals surface area (Å²) in [5.41, 5.74) is 2.54. The van der Waals surface area contributed by atoms with E-state index in [1.165, 1.54) is 4.40 Å². The van der Waals surface area contributed by atoms with Crippen LogP contribution in [0.3, 0.4) is 0 Å². The van der Waals surface area contributed by atoms with Crippen molar-refractivity contribution in [3.63, 3.8) is 0 Å². The van der Waals surface area contributed by atoms with Gasteiger partial charge >= 0.3 is 5.69 Å². The van der Waals surface area contributed by atoms with E-state index in [1.54, 1.807) is 0 Å². The maximum absolute atomic E-state index is 12.0. The molecule has 22 heavy (non-hydrogen) atoms. The van der Waals surface area contributed by atoms with E-state index in [0.717, 1.165) is 5.56 Å². The monoisotopic (exact) mass is 292 g/mol. The van der Waals surface area contributed by atoms with Gasteiger partial charge in [-0.2, -0.15) is 0 Å². The summed E-state index contributed by atoms with van der Waals surface area (Å²) in [6, 6.07) is 15.0. The third-order valence-electron chi connectivity index (χ3n) is 3.44. The summed E-state index contributed by atoms with van der Waals surface area (Å²) in [7, 11) is 0. The number of hydrogen-bond donors (Lipinski definition) is 1. The molecule has 0 spiro atoms. The number of ether oxygens (including phenoxy) is 1. The molecule has 0 unspecified atom stereocenters. The third-order valence-corrected chi connectivity index (χ3v) is 3.44. The fraction of sp³-hybridized carbons (Fsp3) is 0.0625. The van der Waals surface area contributed by atoms with Crippen LogP contribution in [0.2, 0.25) is 0 Å². The van der Waals surface area contributed by atoms with Gasteiger partial charge < -0.3 is 4.74 Å². The molecule has 0 radical (unpaired) electrons. The Bertz CT molecular complexity index is 1030. The van der Waals surface area contributed by atoms with E-state index in [4.69, 9.17) is 4.74 Å². The average Bonchev–Trinajstić information content (AvgIpc) is 2.92. The number of nitrogens with one attached hydrogen (secondary N) is 1. The molecule has 4 rings (SSSR count). The number of para-hydroxylation sites is 2. The summed E-state index contributed by atoms with van der Waals surface area (Å²) in [5.74, 6) is 0.937. The van der Waals surface area contributed by atoms with Crippen LogP contribution >= 0.6 is 0 Å². The van der Waals surface area contributed by atoms with Crippen LogP contribution < -0.4 is 10.4 Å². The lowest BCUT2D eigenvalue weighted by Gasteiger charge is -2.07. The normalized spacial score (nSPS) is 11.1. The summed E-state index contributed by atoms with van der Waals surface area (Å²) in [4.78, 5) is 16.5. The highest BCUT2D eigenvalue weighted by Crippen LogP contribution is 2.25. The van der Waals surface area contributed by atoms with Crippen molar-refractivity contribution in [2.45, 2.75) is 6.92 Å². The lowest BCUT2D eigenvalue weighted by atomic mass is 10.2. The standard InChI is InChI=1S/C16H12N4O2/c1-10-6-8-11(9-7-10)22-15-14-18-19-16(21)20(14)13-5-3-2-4-12(13)17-15/h2-9H,1H3,(H,19,21). The summed E-state index contributed by atoms with van der Waals surface area (Å²) in [5, 5.41) is 6.46. The Hall–Kier alpha value is -3.15. The van der Waals surface area contributed by atoms with Crippen LogP contribution in [0.25, 0.3) is 16.7 Å². The number of H-pyrrole nitrogens is 1. The van der Waals surface area contributed by atoms with Crippen molar-refractivity contribution in [3.05, 3.63) is 64.6 Å². The fourth-order valence-corrected chi connectivity index (χ4v) is 2.36. The topological polar surface area (TPSA) is 72.3 Å². The minimum Gasteiger partial charge on any atom is -0.436 e. The van der Waals surface area contributed by atoms with Crippen LogP contribution in [0.15, 0.2) is 53.3 Å². The number of nitrogens with zero attached hydrogens (tertiary/aromatic N) is 3. The highest BCUT2D eigenvalue weighted by molar-refractivity contribution is 5.79. The van der Waals surface area contributed by atoms with Gasteiger partial charge in [0.15, 0.2) is 0 Å². The molecule has 6 nitrogen and oxygen atoms in total. The first kappa shape index (κ1) is 12.6. The van der Waals surface area contributed by atoms with Crippen molar-refractivity contribution in [2.75, 3.05) is 0 Å². The second-order valence-corrected chi connectivity index (χ2v) is 5.01. The predicted molar refractivity (Wildman–Crippen MR) is 82.4 cm³/mol. The van der Waals surface area contributed by atoms with Crippen LogP contribution in [0.4, 0.5) is 0 Å². The molecule has 6 heteroatoms. The molecule has 2 heterocycles. The van der Waals surface area contributed by atoms with Crippen LogP contribution in [0.1, 0.15) is 5.56 Å². The summed E-state index contributed by atoms with van der Waals surface area (Å²) < 4.78 is 7.28. The first-order chi connectivity index (χ1) is 10.7. The van der Waals surface area contributed by atoms with Gasteiger partial charge in [0.2, 0.25) is 5.65 Å². The Morgan fingerprint density at radius 1 is 1.09 bits per heavy atom. The van der Waals surface area contributed by atoms with E-state index in [2.05, 4.69) is 15.2 Å². The first-order valence-electron chi connectivity index (χ1n) is 6.83. The molecular formula is C16H12N4O2. The minimum absolute atomic E-state index is 0.293. The molecule has 0 aliphatic carbocycles. The molecular weight excluding hydrogens is 280 g/mol. The van der Waals surface area contributed by atoms with Gasteiger partial charge in [0, 0.05) is 0 Å². The number of aromatic amines is 1. The molecule has 0 saturated heterocycles. The SMILES string of the molecule is Cc1ccc(Oc2nc3ccccc3n3c(=O)[nH]nc23)cc1. The molecule has 0 amide bonds. The van der Waals surface area contributed by atoms with Gasteiger partial charge in [0.25, 0.3) is 5.88 Å². The largest absolute Gasteiger partial charge is 0.436 e. The van der Waals surface area contributed by atoms with Crippen LogP contribution in [0.5, 0.6) is 11.6 Å². The number of rotatable bonds is 2. The van der Waals surface area contributed by atoms with Gasteiger partial charge in [-0.25, -0.2) is 19.3 Å². The molecule has 108 valence electrons. The zero-order chi connectivity index (χ0) is 15.1. The number of fused-ring (bicyclic) bond motifs is 3. The van der Waals surface area contributed by atoms with Crippen molar-refractivity contribution in [1.82, 2.24) is 19.6 Å². The Kier molecular flexibility index (Phi) is 2.69. The number of hydrogen-bond acceptors (Lipinski definition) is 4. The lowest BCUT2D eigenvalue weighted by Crippen LogP contribution is -2.10. The van der Waals surface area contributed by atoms with Crippen molar-refractivity contribution in [3.8, 4) is 11.6 Å². The van der Waals surface area contributed by atoms with Gasteiger partial charge in [-0.1, -0.05) is 29.8 Å². The zero-order valence-corrected chi connectivity index (χ0v) is 11.8. The number of benzene rings is 2. The van der Waals surface area contributed by atoms with E-state index in [9.17, 15) is 4.79 Å².